The SMILES string of the molecule is CCCn1ccnc(NC2CC3CCC2C3)c1=O. The number of fused-ring (bicyclic) bond motifs is 2. The molecule has 1 N–H and O–H groups in total. The zero-order valence-electron chi connectivity index (χ0n) is 10.9. The number of nitrogens with zero attached hydrogens (tertiary/aromatic N) is 2. The Labute approximate surface area is 107 Å². The van der Waals surface area contributed by atoms with Crippen molar-refractivity contribution in [2.45, 2.75) is 51.6 Å². The van der Waals surface area contributed by atoms with Crippen LogP contribution in [0.15, 0.2) is 17.2 Å². The summed E-state index contributed by atoms with van der Waals surface area (Å²) < 4.78 is 1.75. The Bertz CT molecular complexity index is 482. The van der Waals surface area contributed by atoms with Crippen LogP contribution in [0.2, 0.25) is 0 Å². The number of nitrogens with one attached hydrogen (secondary N) is 1. The van der Waals surface area contributed by atoms with Gasteiger partial charge >= 0.3 is 0 Å². The monoisotopic (exact) mass is 247 g/mol. The standard InChI is InChI=1S/C14H21N3O/c1-2-6-17-7-5-15-13(14(17)18)16-12-9-10-3-4-11(12)8-10/h5,7,10-12H,2-4,6,8-9H2,1H3,(H,15,16). The van der Waals surface area contributed by atoms with Gasteiger partial charge in [-0.3, -0.25) is 4.79 Å². The van der Waals surface area contributed by atoms with Gasteiger partial charge in [0, 0.05) is 25.0 Å². The Balaban J connectivity index is 1.76. The smallest absolute Gasteiger partial charge is 0.293 e. The number of anilines is 1. The van der Waals surface area contributed by atoms with E-state index in [0.29, 0.717) is 11.9 Å². The lowest BCUT2D eigenvalue weighted by Gasteiger charge is -2.23. The van der Waals surface area contributed by atoms with Crippen LogP contribution in [0.4, 0.5) is 5.82 Å². The van der Waals surface area contributed by atoms with Crippen LogP contribution in [0.25, 0.3) is 0 Å². The second-order valence-corrected chi connectivity index (χ2v) is 5.70. The molecular weight excluding hydrogens is 226 g/mol. The van der Waals surface area contributed by atoms with Crippen molar-refractivity contribution in [3.63, 3.8) is 0 Å². The highest BCUT2D eigenvalue weighted by molar-refractivity contribution is 5.33. The van der Waals surface area contributed by atoms with Crippen molar-refractivity contribution in [2.75, 3.05) is 5.32 Å². The summed E-state index contributed by atoms with van der Waals surface area (Å²) in [5, 5.41) is 3.39. The molecule has 3 unspecified atom stereocenters. The van der Waals surface area contributed by atoms with Crippen molar-refractivity contribution in [3.8, 4) is 0 Å². The Kier molecular flexibility index (Phi) is 3.10. The van der Waals surface area contributed by atoms with Gasteiger partial charge in [0.05, 0.1) is 0 Å². The van der Waals surface area contributed by atoms with Gasteiger partial charge in [0.2, 0.25) is 0 Å². The van der Waals surface area contributed by atoms with Crippen LogP contribution in [-0.4, -0.2) is 15.6 Å². The van der Waals surface area contributed by atoms with Gasteiger partial charge in [0.1, 0.15) is 0 Å². The Morgan fingerprint density at radius 2 is 2.33 bits per heavy atom. The molecule has 18 heavy (non-hydrogen) atoms. The fourth-order valence-corrected chi connectivity index (χ4v) is 3.56. The van der Waals surface area contributed by atoms with E-state index in [4.69, 9.17) is 0 Å². The molecule has 4 nitrogen and oxygen atoms in total. The maximum atomic E-state index is 12.2. The van der Waals surface area contributed by atoms with Crippen LogP contribution in [0.1, 0.15) is 39.0 Å². The van der Waals surface area contributed by atoms with E-state index >= 15 is 0 Å². The summed E-state index contributed by atoms with van der Waals surface area (Å²) >= 11 is 0. The molecule has 0 spiro atoms. The fourth-order valence-electron chi connectivity index (χ4n) is 3.56. The zero-order valence-corrected chi connectivity index (χ0v) is 10.9. The summed E-state index contributed by atoms with van der Waals surface area (Å²) in [7, 11) is 0. The van der Waals surface area contributed by atoms with Crippen molar-refractivity contribution in [3.05, 3.63) is 22.7 Å². The molecule has 2 aliphatic carbocycles. The number of hydrogen-bond acceptors (Lipinski definition) is 3. The van der Waals surface area contributed by atoms with Crippen LogP contribution in [0.3, 0.4) is 0 Å². The Morgan fingerprint density at radius 1 is 1.44 bits per heavy atom. The average molecular weight is 247 g/mol. The lowest BCUT2D eigenvalue weighted by Crippen LogP contribution is -2.32. The summed E-state index contributed by atoms with van der Waals surface area (Å²) in [6.45, 7) is 2.85. The molecule has 1 heterocycles. The largest absolute Gasteiger partial charge is 0.362 e. The third kappa shape index (κ3) is 2.04. The summed E-state index contributed by atoms with van der Waals surface area (Å²) in [5.74, 6) is 2.19. The summed E-state index contributed by atoms with van der Waals surface area (Å²) in [6.07, 6.45) is 9.73. The minimum absolute atomic E-state index is 0.0297. The molecule has 0 aromatic carbocycles. The predicted molar refractivity (Wildman–Crippen MR) is 71.6 cm³/mol. The molecule has 98 valence electrons. The van der Waals surface area contributed by atoms with Crippen LogP contribution >= 0.6 is 0 Å². The molecule has 4 heteroatoms. The molecule has 2 saturated carbocycles. The van der Waals surface area contributed by atoms with Crippen LogP contribution in [0, 0.1) is 11.8 Å². The van der Waals surface area contributed by atoms with E-state index in [-0.39, 0.29) is 5.56 Å². The minimum Gasteiger partial charge on any atom is -0.362 e. The van der Waals surface area contributed by atoms with Gasteiger partial charge in [-0.2, -0.15) is 0 Å². The Hall–Kier alpha value is -1.32. The molecule has 2 fully saturated rings. The fraction of sp³-hybridized carbons (Fsp3) is 0.714. The molecule has 0 saturated heterocycles. The van der Waals surface area contributed by atoms with Gasteiger partial charge in [-0.05, 0) is 37.5 Å². The van der Waals surface area contributed by atoms with Crippen LogP contribution in [0.5, 0.6) is 0 Å². The molecule has 1 aromatic heterocycles. The lowest BCUT2D eigenvalue weighted by molar-refractivity contribution is 0.438. The summed E-state index contributed by atoms with van der Waals surface area (Å²) in [6, 6.07) is 0.474. The van der Waals surface area contributed by atoms with Crippen molar-refractivity contribution in [2.24, 2.45) is 11.8 Å². The molecule has 2 bridgehead atoms. The Morgan fingerprint density at radius 3 is 3.00 bits per heavy atom. The first-order valence-electron chi connectivity index (χ1n) is 7.10. The number of aryl methyl sites for hydroxylation is 1. The van der Waals surface area contributed by atoms with E-state index in [0.717, 1.165) is 24.8 Å². The normalized spacial score (nSPS) is 29.7. The molecule has 3 atom stereocenters. The van der Waals surface area contributed by atoms with Gasteiger partial charge in [-0.25, -0.2) is 4.98 Å². The zero-order chi connectivity index (χ0) is 12.5. The first kappa shape index (κ1) is 11.8. The third-order valence-corrected chi connectivity index (χ3v) is 4.44. The van der Waals surface area contributed by atoms with E-state index in [1.807, 2.05) is 0 Å². The van der Waals surface area contributed by atoms with E-state index in [1.165, 1.54) is 25.7 Å². The van der Waals surface area contributed by atoms with Crippen LogP contribution in [-0.2, 0) is 6.54 Å². The van der Waals surface area contributed by atoms with Gasteiger partial charge in [0.25, 0.3) is 5.56 Å². The second kappa shape index (κ2) is 4.75. The third-order valence-electron chi connectivity index (χ3n) is 4.44. The van der Waals surface area contributed by atoms with Gasteiger partial charge in [-0.15, -0.1) is 0 Å². The molecule has 0 radical (unpaired) electrons. The number of rotatable bonds is 4. The molecule has 1 aromatic rings. The summed E-state index contributed by atoms with van der Waals surface area (Å²) in [4.78, 5) is 16.4. The van der Waals surface area contributed by atoms with Crippen molar-refractivity contribution >= 4 is 5.82 Å². The summed E-state index contributed by atoms with van der Waals surface area (Å²) in [5.41, 5.74) is 0.0297. The predicted octanol–water partition coefficient (Wildman–Crippen LogP) is 2.25. The highest BCUT2D eigenvalue weighted by atomic mass is 16.1. The van der Waals surface area contributed by atoms with E-state index < -0.39 is 0 Å². The topological polar surface area (TPSA) is 46.9 Å². The highest BCUT2D eigenvalue weighted by Crippen LogP contribution is 2.45. The second-order valence-electron chi connectivity index (χ2n) is 5.70. The average Bonchev–Trinajstić information content (AvgIpc) is 2.96. The first-order valence-corrected chi connectivity index (χ1v) is 7.10. The number of aromatic nitrogens is 2. The minimum atomic E-state index is 0.0297. The maximum absolute atomic E-state index is 12.2. The van der Waals surface area contributed by atoms with Crippen molar-refractivity contribution in [1.82, 2.24) is 9.55 Å². The molecule has 0 amide bonds. The maximum Gasteiger partial charge on any atom is 0.293 e. The quantitative estimate of drug-likeness (QED) is 0.887. The van der Waals surface area contributed by atoms with E-state index in [9.17, 15) is 4.79 Å². The van der Waals surface area contributed by atoms with Crippen molar-refractivity contribution in [1.29, 1.82) is 0 Å². The molecular formula is C14H21N3O. The van der Waals surface area contributed by atoms with Crippen molar-refractivity contribution < 1.29 is 0 Å². The first-order chi connectivity index (χ1) is 8.78. The molecule has 0 aliphatic heterocycles. The van der Waals surface area contributed by atoms with Gasteiger partial charge in [0.15, 0.2) is 5.82 Å². The lowest BCUT2D eigenvalue weighted by atomic mass is 9.95. The molecule has 2 aliphatic rings. The highest BCUT2D eigenvalue weighted by Gasteiger charge is 2.39. The van der Waals surface area contributed by atoms with Gasteiger partial charge < -0.3 is 9.88 Å². The molecule has 3 rings (SSSR count). The van der Waals surface area contributed by atoms with E-state index in [2.05, 4.69) is 17.2 Å². The van der Waals surface area contributed by atoms with Gasteiger partial charge in [-0.1, -0.05) is 13.3 Å². The number of hydrogen-bond donors (Lipinski definition) is 1. The van der Waals surface area contributed by atoms with E-state index in [1.54, 1.807) is 17.0 Å². The van der Waals surface area contributed by atoms with Crippen LogP contribution < -0.4 is 10.9 Å².